The van der Waals surface area contributed by atoms with Crippen molar-refractivity contribution < 1.29 is 0 Å². The van der Waals surface area contributed by atoms with Gasteiger partial charge in [0.2, 0.25) is 0 Å². The lowest BCUT2D eigenvalue weighted by molar-refractivity contribution is 0.689. The molecule has 0 fully saturated rings. The number of benzene rings is 2. The molecular formula is C23H22BrClN6S. The summed E-state index contributed by atoms with van der Waals surface area (Å²) in [6.07, 6.45) is 1.90. The Morgan fingerprint density at radius 2 is 1.78 bits per heavy atom. The highest BCUT2D eigenvalue weighted by atomic mass is 79.9. The van der Waals surface area contributed by atoms with Crippen molar-refractivity contribution in [2.24, 2.45) is 0 Å². The van der Waals surface area contributed by atoms with E-state index in [0.717, 1.165) is 32.7 Å². The largest absolute Gasteiger partial charge is 0.358 e. The summed E-state index contributed by atoms with van der Waals surface area (Å²) in [6.45, 7) is 5.20. The number of halogens is 2. The first kappa shape index (κ1) is 22.5. The van der Waals surface area contributed by atoms with Gasteiger partial charge in [-0.25, -0.2) is 4.68 Å². The smallest absolute Gasteiger partial charge is 0.172 e. The fourth-order valence-corrected chi connectivity index (χ4v) is 4.21. The molecule has 0 atom stereocenters. The summed E-state index contributed by atoms with van der Waals surface area (Å²) in [6, 6.07) is 17.8. The van der Waals surface area contributed by atoms with Gasteiger partial charge < -0.3 is 10.6 Å². The summed E-state index contributed by atoms with van der Waals surface area (Å²) in [5, 5.41) is 16.9. The fourth-order valence-electron chi connectivity index (χ4n) is 3.44. The van der Waals surface area contributed by atoms with Crippen LogP contribution >= 0.6 is 39.7 Å². The number of nitrogens with one attached hydrogen (secondary N) is 2. The SMILES string of the molecule is Cc1nn(-c2ccccc2)c(C)c1CNC(=S)Nc1nn(Cc2ccccc2Cl)cc1Br. The minimum absolute atomic E-state index is 0.486. The zero-order valence-corrected chi connectivity index (χ0v) is 20.8. The van der Waals surface area contributed by atoms with Crippen LogP contribution in [0.2, 0.25) is 5.02 Å². The Morgan fingerprint density at radius 1 is 1.06 bits per heavy atom. The Balaban J connectivity index is 1.40. The molecule has 32 heavy (non-hydrogen) atoms. The molecule has 0 aliphatic carbocycles. The lowest BCUT2D eigenvalue weighted by Crippen LogP contribution is -2.28. The predicted octanol–water partition coefficient (Wildman–Crippen LogP) is 5.64. The molecule has 4 aromatic rings. The number of para-hydroxylation sites is 1. The lowest BCUT2D eigenvalue weighted by Gasteiger charge is -2.10. The minimum atomic E-state index is 0.486. The number of rotatable bonds is 6. The topological polar surface area (TPSA) is 59.7 Å². The van der Waals surface area contributed by atoms with Crippen LogP contribution in [0.25, 0.3) is 5.69 Å². The first-order valence-electron chi connectivity index (χ1n) is 10.0. The molecule has 4 rings (SSSR count). The number of aryl methyl sites for hydroxylation is 1. The van der Waals surface area contributed by atoms with Crippen molar-refractivity contribution >= 4 is 50.7 Å². The van der Waals surface area contributed by atoms with E-state index in [1.807, 2.05) is 77.1 Å². The van der Waals surface area contributed by atoms with Gasteiger partial charge in [-0.1, -0.05) is 48.0 Å². The van der Waals surface area contributed by atoms with Crippen molar-refractivity contribution in [3.63, 3.8) is 0 Å². The molecule has 0 radical (unpaired) electrons. The summed E-state index contributed by atoms with van der Waals surface area (Å²) in [7, 11) is 0. The van der Waals surface area contributed by atoms with Gasteiger partial charge in [-0.2, -0.15) is 10.2 Å². The number of thiocarbonyl (C=S) groups is 1. The quantitative estimate of drug-likeness (QED) is 0.317. The highest BCUT2D eigenvalue weighted by Crippen LogP contribution is 2.23. The van der Waals surface area contributed by atoms with Gasteiger partial charge in [0.05, 0.1) is 22.4 Å². The van der Waals surface area contributed by atoms with Gasteiger partial charge in [0.15, 0.2) is 10.9 Å². The zero-order chi connectivity index (χ0) is 22.7. The van der Waals surface area contributed by atoms with E-state index in [1.54, 1.807) is 0 Å². The third-order valence-electron chi connectivity index (χ3n) is 5.11. The highest BCUT2D eigenvalue weighted by Gasteiger charge is 2.14. The first-order chi connectivity index (χ1) is 15.4. The van der Waals surface area contributed by atoms with Crippen LogP contribution in [0.3, 0.4) is 0 Å². The standard InChI is InChI=1S/C23H22BrClN6S/c1-15-19(16(2)31(28-15)18-9-4-3-5-10-18)12-26-23(32)27-22-20(24)14-30(29-22)13-17-8-6-7-11-21(17)25/h3-11,14H,12-13H2,1-2H3,(H2,26,27,29,32). The maximum absolute atomic E-state index is 6.26. The third kappa shape index (κ3) is 5.03. The van der Waals surface area contributed by atoms with Crippen molar-refractivity contribution in [1.82, 2.24) is 24.9 Å². The van der Waals surface area contributed by atoms with Gasteiger partial charge in [0.25, 0.3) is 0 Å². The highest BCUT2D eigenvalue weighted by molar-refractivity contribution is 9.10. The maximum atomic E-state index is 6.26. The van der Waals surface area contributed by atoms with E-state index in [0.29, 0.717) is 29.0 Å². The van der Waals surface area contributed by atoms with Crippen LogP contribution < -0.4 is 10.6 Å². The predicted molar refractivity (Wildman–Crippen MR) is 137 cm³/mol. The van der Waals surface area contributed by atoms with E-state index < -0.39 is 0 Å². The van der Waals surface area contributed by atoms with Crippen LogP contribution in [-0.4, -0.2) is 24.7 Å². The number of nitrogens with zero attached hydrogens (tertiary/aromatic N) is 4. The van der Waals surface area contributed by atoms with Crippen molar-refractivity contribution in [1.29, 1.82) is 0 Å². The summed E-state index contributed by atoms with van der Waals surface area (Å²) in [4.78, 5) is 0. The first-order valence-corrected chi connectivity index (χ1v) is 11.6. The summed E-state index contributed by atoms with van der Waals surface area (Å²) >= 11 is 15.3. The monoisotopic (exact) mass is 528 g/mol. The van der Waals surface area contributed by atoms with E-state index in [-0.39, 0.29) is 0 Å². The molecule has 0 saturated heterocycles. The molecule has 2 N–H and O–H groups in total. The number of aromatic nitrogens is 4. The van der Waals surface area contributed by atoms with Crippen molar-refractivity contribution in [3.05, 3.63) is 92.8 Å². The second kappa shape index (κ2) is 9.85. The second-order valence-corrected chi connectivity index (χ2v) is 8.99. The molecule has 0 aliphatic rings. The van der Waals surface area contributed by atoms with Gasteiger partial charge in [-0.05, 0) is 65.8 Å². The zero-order valence-electron chi connectivity index (χ0n) is 17.6. The molecule has 6 nitrogen and oxygen atoms in total. The molecule has 2 heterocycles. The molecule has 0 bridgehead atoms. The second-order valence-electron chi connectivity index (χ2n) is 7.32. The molecule has 164 valence electrons. The van der Waals surface area contributed by atoms with Crippen LogP contribution in [0.4, 0.5) is 5.82 Å². The van der Waals surface area contributed by atoms with E-state index in [9.17, 15) is 0 Å². The number of anilines is 1. The van der Waals surface area contributed by atoms with Crippen molar-refractivity contribution in [2.45, 2.75) is 26.9 Å². The number of hydrogen-bond acceptors (Lipinski definition) is 3. The Labute approximate surface area is 205 Å². The molecular weight excluding hydrogens is 508 g/mol. The van der Waals surface area contributed by atoms with Gasteiger partial charge in [0, 0.05) is 29.0 Å². The van der Waals surface area contributed by atoms with Crippen molar-refractivity contribution in [3.8, 4) is 5.69 Å². The summed E-state index contributed by atoms with van der Waals surface area (Å²) in [5.74, 6) is 0.642. The van der Waals surface area contributed by atoms with E-state index >= 15 is 0 Å². The molecule has 0 saturated carbocycles. The Hall–Kier alpha value is -2.68. The molecule has 9 heteroatoms. The van der Waals surface area contributed by atoms with Crippen LogP contribution in [-0.2, 0) is 13.1 Å². The van der Waals surface area contributed by atoms with Crippen molar-refractivity contribution in [2.75, 3.05) is 5.32 Å². The van der Waals surface area contributed by atoms with E-state index in [4.69, 9.17) is 23.8 Å². The molecule has 0 amide bonds. The minimum Gasteiger partial charge on any atom is -0.358 e. The third-order valence-corrected chi connectivity index (χ3v) is 6.30. The summed E-state index contributed by atoms with van der Waals surface area (Å²) < 4.78 is 4.59. The average Bonchev–Trinajstić information content (AvgIpc) is 3.26. The Morgan fingerprint density at radius 3 is 2.53 bits per heavy atom. The van der Waals surface area contributed by atoms with E-state index in [2.05, 4.69) is 43.7 Å². The van der Waals surface area contributed by atoms with E-state index in [1.165, 1.54) is 0 Å². The van der Waals surface area contributed by atoms with Crippen LogP contribution in [0.15, 0.2) is 65.3 Å². The molecule has 2 aromatic carbocycles. The van der Waals surface area contributed by atoms with Gasteiger partial charge >= 0.3 is 0 Å². The molecule has 2 aromatic heterocycles. The van der Waals surface area contributed by atoms with Gasteiger partial charge in [0.1, 0.15) is 0 Å². The van der Waals surface area contributed by atoms with Gasteiger partial charge in [-0.3, -0.25) is 4.68 Å². The number of hydrogen-bond donors (Lipinski definition) is 2. The molecule has 0 spiro atoms. The Bertz CT molecular complexity index is 1250. The van der Waals surface area contributed by atoms with Crippen LogP contribution in [0.1, 0.15) is 22.5 Å². The lowest BCUT2D eigenvalue weighted by atomic mass is 10.2. The maximum Gasteiger partial charge on any atom is 0.172 e. The average molecular weight is 530 g/mol. The molecule has 0 aliphatic heterocycles. The van der Waals surface area contributed by atoms with Gasteiger partial charge in [-0.15, -0.1) is 0 Å². The van der Waals surface area contributed by atoms with Crippen LogP contribution in [0.5, 0.6) is 0 Å². The Kier molecular flexibility index (Phi) is 6.93. The normalized spacial score (nSPS) is 10.9. The summed E-state index contributed by atoms with van der Waals surface area (Å²) in [5.41, 5.74) is 5.19. The molecule has 0 unspecified atom stereocenters. The van der Waals surface area contributed by atoms with Crippen LogP contribution in [0, 0.1) is 13.8 Å². The fraction of sp³-hybridized carbons (Fsp3) is 0.174.